The van der Waals surface area contributed by atoms with E-state index in [9.17, 15) is 0 Å². The third-order valence-electron chi connectivity index (χ3n) is 2.27. The summed E-state index contributed by atoms with van der Waals surface area (Å²) in [5.41, 5.74) is 4.19. The summed E-state index contributed by atoms with van der Waals surface area (Å²) >= 11 is 0. The van der Waals surface area contributed by atoms with Crippen molar-refractivity contribution in [2.75, 3.05) is 0 Å². The molecule has 19 heavy (non-hydrogen) atoms. The molecule has 0 aliphatic carbocycles. The molecule has 0 atom stereocenters. The minimum atomic E-state index is 1.11. The van der Waals surface area contributed by atoms with Crippen LogP contribution in [0.25, 0.3) is 0 Å². The molecule has 0 N–H and O–H groups in total. The van der Waals surface area contributed by atoms with Crippen LogP contribution in [0.4, 0.5) is 0 Å². The van der Waals surface area contributed by atoms with Crippen molar-refractivity contribution in [2.45, 2.75) is 75.2 Å². The molecule has 0 bridgehead atoms. The fraction of sp³-hybridized carbons (Fsp3) is 0.579. The Morgan fingerprint density at radius 1 is 0.947 bits per heavy atom. The van der Waals surface area contributed by atoms with E-state index in [1.807, 2.05) is 27.7 Å². The number of rotatable bonds is 4. The van der Waals surface area contributed by atoms with Crippen LogP contribution in [0.1, 0.15) is 75.2 Å². The van der Waals surface area contributed by atoms with Crippen molar-refractivity contribution in [1.29, 1.82) is 0 Å². The second-order valence-electron chi connectivity index (χ2n) is 3.38. The molecule has 0 nitrogen and oxygen atoms in total. The van der Waals surface area contributed by atoms with Gasteiger partial charge in [0.2, 0.25) is 0 Å². The van der Waals surface area contributed by atoms with E-state index in [0.717, 1.165) is 12.8 Å². The van der Waals surface area contributed by atoms with Gasteiger partial charge < -0.3 is 0 Å². The Morgan fingerprint density at radius 3 is 1.63 bits per heavy atom. The molecule has 0 aliphatic heterocycles. The first kappa shape index (κ1) is 26.4. The quantitative estimate of drug-likeness (QED) is 0.381. The van der Waals surface area contributed by atoms with Crippen molar-refractivity contribution < 1.29 is 0 Å². The summed E-state index contributed by atoms with van der Waals surface area (Å²) < 4.78 is 0. The second-order valence-corrected chi connectivity index (χ2v) is 3.38. The Morgan fingerprint density at radius 2 is 1.37 bits per heavy atom. The molecule has 0 fully saturated rings. The molecule has 0 spiro atoms. The number of terminal acetylenes is 1. The van der Waals surface area contributed by atoms with E-state index in [2.05, 4.69) is 65.7 Å². The maximum absolute atomic E-state index is 4.00. The molecule has 112 valence electrons. The number of hydrogen-bond acceptors (Lipinski definition) is 0. The maximum atomic E-state index is 4.00. The topological polar surface area (TPSA) is 0 Å². The lowest BCUT2D eigenvalue weighted by Gasteiger charge is -2.03. The van der Waals surface area contributed by atoms with E-state index in [1.165, 1.54) is 16.7 Å². The van der Waals surface area contributed by atoms with Gasteiger partial charge in [0.25, 0.3) is 0 Å². The average molecular weight is 264 g/mol. The summed E-state index contributed by atoms with van der Waals surface area (Å²) in [5, 5.41) is 0. The third-order valence-corrected chi connectivity index (χ3v) is 2.27. The van der Waals surface area contributed by atoms with Crippen LogP contribution in [0.5, 0.6) is 0 Å². The predicted molar refractivity (Wildman–Crippen MR) is 94.4 cm³/mol. The Kier molecular flexibility index (Phi) is 35.5. The van der Waals surface area contributed by atoms with Crippen LogP contribution in [0, 0.1) is 12.8 Å². The van der Waals surface area contributed by atoms with Crippen molar-refractivity contribution in [2.24, 2.45) is 0 Å². The van der Waals surface area contributed by atoms with Gasteiger partial charge in [-0.3, -0.25) is 0 Å². The summed E-state index contributed by atoms with van der Waals surface area (Å²) in [7, 11) is 0. The molecule has 0 aromatic carbocycles. The van der Waals surface area contributed by atoms with Gasteiger partial charge in [-0.15, -0.1) is 12.8 Å². The molecule has 0 unspecified atom stereocenters. The normalized spacial score (nSPS) is 11.0. The zero-order valence-electron chi connectivity index (χ0n) is 14.8. The van der Waals surface area contributed by atoms with Crippen LogP contribution in [0.15, 0.2) is 34.9 Å². The monoisotopic (exact) mass is 264 g/mol. The molecule has 0 saturated carbocycles. The zero-order chi connectivity index (χ0) is 16.3. The molecule has 0 amide bonds. The predicted octanol–water partition coefficient (Wildman–Crippen LogP) is 6.95. The van der Waals surface area contributed by atoms with Gasteiger partial charge in [0.05, 0.1) is 0 Å². The zero-order valence-corrected chi connectivity index (χ0v) is 14.8. The van der Waals surface area contributed by atoms with E-state index < -0.39 is 0 Å². The van der Waals surface area contributed by atoms with Crippen molar-refractivity contribution in [3.8, 4) is 12.8 Å². The lowest BCUT2D eigenvalue weighted by molar-refractivity contribution is 1.09. The van der Waals surface area contributed by atoms with Gasteiger partial charge in [-0.1, -0.05) is 65.3 Å². The van der Waals surface area contributed by atoms with Crippen molar-refractivity contribution in [3.05, 3.63) is 34.9 Å². The van der Waals surface area contributed by atoms with Crippen molar-refractivity contribution >= 4 is 0 Å². The molecular weight excluding hydrogens is 228 g/mol. The van der Waals surface area contributed by atoms with Gasteiger partial charge >= 0.3 is 0 Å². The first-order valence-electron chi connectivity index (χ1n) is 7.49. The fourth-order valence-corrected chi connectivity index (χ4v) is 1.09. The minimum absolute atomic E-state index is 1.11. The van der Waals surface area contributed by atoms with Crippen LogP contribution in [-0.2, 0) is 0 Å². The highest BCUT2D eigenvalue weighted by Gasteiger charge is 1.94. The molecule has 0 rings (SSSR count). The second kappa shape index (κ2) is 25.6. The van der Waals surface area contributed by atoms with Crippen LogP contribution < -0.4 is 0 Å². The summed E-state index contributed by atoms with van der Waals surface area (Å²) in [4.78, 5) is 0. The SMILES string of the molecule is C#C.C/C=C(C)/C(/C=C(/C)CC)=C/CC.CC.CC. The highest BCUT2D eigenvalue weighted by molar-refractivity contribution is 5.39. The van der Waals surface area contributed by atoms with Crippen LogP contribution in [0.3, 0.4) is 0 Å². The lowest BCUT2D eigenvalue weighted by atomic mass is 10.0. The summed E-state index contributed by atoms with van der Waals surface area (Å²) in [6.07, 6.45) is 17.0. The van der Waals surface area contributed by atoms with E-state index in [0.29, 0.717) is 0 Å². The first-order chi connectivity index (χ1) is 9.15. The van der Waals surface area contributed by atoms with E-state index in [-0.39, 0.29) is 0 Å². The largest absolute Gasteiger partial charge is 0.124 e. The van der Waals surface area contributed by atoms with Crippen LogP contribution in [-0.4, -0.2) is 0 Å². The van der Waals surface area contributed by atoms with Crippen molar-refractivity contribution in [3.63, 3.8) is 0 Å². The summed E-state index contributed by atoms with van der Waals surface area (Å²) in [6.45, 7) is 18.8. The Bertz CT molecular complexity index is 259. The molecule has 0 heterocycles. The fourth-order valence-electron chi connectivity index (χ4n) is 1.09. The molecule has 0 heteroatoms. The molecular formula is C19H36. The van der Waals surface area contributed by atoms with Crippen molar-refractivity contribution in [1.82, 2.24) is 0 Å². The van der Waals surface area contributed by atoms with Gasteiger partial charge in [-0.25, -0.2) is 0 Å². The van der Waals surface area contributed by atoms with Gasteiger partial charge in [0.15, 0.2) is 0 Å². The number of allylic oxidation sites excluding steroid dienone is 6. The Balaban J connectivity index is -0.000000163. The van der Waals surface area contributed by atoms with E-state index >= 15 is 0 Å². The van der Waals surface area contributed by atoms with Gasteiger partial charge in [0, 0.05) is 0 Å². The molecule has 0 aliphatic rings. The van der Waals surface area contributed by atoms with Crippen LogP contribution in [0.2, 0.25) is 0 Å². The first-order valence-corrected chi connectivity index (χ1v) is 7.49. The Hall–Kier alpha value is -1.22. The molecule has 0 saturated heterocycles. The smallest absolute Gasteiger partial charge is 0.0271 e. The summed E-state index contributed by atoms with van der Waals surface area (Å²) in [6, 6.07) is 0. The van der Waals surface area contributed by atoms with E-state index in [4.69, 9.17) is 0 Å². The molecule has 0 aromatic heterocycles. The van der Waals surface area contributed by atoms with E-state index in [1.54, 1.807) is 0 Å². The molecule has 0 aromatic rings. The highest BCUT2D eigenvalue weighted by Crippen LogP contribution is 2.15. The summed E-state index contributed by atoms with van der Waals surface area (Å²) in [5.74, 6) is 0. The van der Waals surface area contributed by atoms with Gasteiger partial charge in [-0.2, -0.15) is 0 Å². The third kappa shape index (κ3) is 19.3. The number of hydrogen-bond donors (Lipinski definition) is 0. The van der Waals surface area contributed by atoms with Gasteiger partial charge in [0.1, 0.15) is 0 Å². The maximum Gasteiger partial charge on any atom is -0.0271 e. The highest BCUT2D eigenvalue weighted by atomic mass is 14.0. The molecule has 0 radical (unpaired) electrons. The van der Waals surface area contributed by atoms with Crippen LogP contribution >= 0.6 is 0 Å². The minimum Gasteiger partial charge on any atom is -0.124 e. The average Bonchev–Trinajstić information content (AvgIpc) is 2.51. The lowest BCUT2D eigenvalue weighted by Crippen LogP contribution is -1.83. The van der Waals surface area contributed by atoms with Gasteiger partial charge in [-0.05, 0) is 44.8 Å². The standard InChI is InChI=1S/C13H22.2C2H6.C2H2/c1-6-9-13(12(5)8-3)10-11(4)7-2;3*1-2/h8-10H,6-7H2,1-5H3;2*1-2H3;1-2H/b11-10-,12-8+,13-9+;;;. The Labute approximate surface area is 123 Å².